The van der Waals surface area contributed by atoms with E-state index < -0.39 is 11.6 Å². The van der Waals surface area contributed by atoms with E-state index in [9.17, 15) is 8.78 Å². The molecule has 0 aliphatic heterocycles. The van der Waals surface area contributed by atoms with Crippen LogP contribution in [0.1, 0.15) is 5.56 Å². The Morgan fingerprint density at radius 3 is 2.61 bits per heavy atom. The van der Waals surface area contributed by atoms with Gasteiger partial charge in [-0.3, -0.25) is 0 Å². The summed E-state index contributed by atoms with van der Waals surface area (Å²) >= 11 is 4.58. The second-order valence-electron chi connectivity index (χ2n) is 3.76. The zero-order chi connectivity index (χ0) is 13.1. The van der Waals surface area contributed by atoms with Crippen molar-refractivity contribution in [3.63, 3.8) is 0 Å². The normalized spacial score (nSPS) is 10.6. The molecule has 2 aromatic rings. The van der Waals surface area contributed by atoms with Gasteiger partial charge in [0.1, 0.15) is 11.6 Å². The molecule has 94 valence electrons. The second kappa shape index (κ2) is 5.71. The molecule has 0 amide bonds. The van der Waals surface area contributed by atoms with Crippen molar-refractivity contribution in [2.45, 2.75) is 10.6 Å². The molecule has 0 fully saturated rings. The summed E-state index contributed by atoms with van der Waals surface area (Å²) in [6.07, 6.45) is 0. The maximum Gasteiger partial charge on any atom is 0.136 e. The summed E-state index contributed by atoms with van der Waals surface area (Å²) in [5.74, 6) is -0.318. The van der Waals surface area contributed by atoms with E-state index in [1.54, 1.807) is 6.07 Å². The Morgan fingerprint density at radius 2 is 1.89 bits per heavy atom. The first-order chi connectivity index (χ1) is 8.54. The van der Waals surface area contributed by atoms with Gasteiger partial charge in [0.25, 0.3) is 0 Å². The number of nitrogens with two attached hydrogens (primary N) is 1. The highest BCUT2D eigenvalue weighted by molar-refractivity contribution is 9.10. The van der Waals surface area contributed by atoms with Crippen LogP contribution in [0.3, 0.4) is 0 Å². The van der Waals surface area contributed by atoms with Crippen LogP contribution in [0.4, 0.5) is 14.5 Å². The molecule has 18 heavy (non-hydrogen) atoms. The first-order valence-corrected chi connectivity index (χ1v) is 6.95. The van der Waals surface area contributed by atoms with E-state index in [0.29, 0.717) is 16.3 Å². The minimum Gasteiger partial charge on any atom is -0.399 e. The Morgan fingerprint density at radius 1 is 1.11 bits per heavy atom. The Balaban J connectivity index is 2.13. The van der Waals surface area contributed by atoms with Crippen LogP contribution in [0.2, 0.25) is 0 Å². The molecule has 0 aliphatic carbocycles. The number of hydrogen-bond donors (Lipinski definition) is 1. The Kier molecular flexibility index (Phi) is 4.24. The van der Waals surface area contributed by atoms with Crippen LogP contribution in [0.15, 0.2) is 45.8 Å². The lowest BCUT2D eigenvalue weighted by Crippen LogP contribution is -1.89. The average Bonchev–Trinajstić information content (AvgIpc) is 2.29. The third-order valence-corrected chi connectivity index (χ3v) is 3.83. The molecule has 5 heteroatoms. The fourth-order valence-electron chi connectivity index (χ4n) is 1.51. The van der Waals surface area contributed by atoms with Crippen molar-refractivity contribution >= 4 is 33.4 Å². The van der Waals surface area contributed by atoms with Crippen LogP contribution in [0, 0.1) is 11.6 Å². The average molecular weight is 330 g/mol. The predicted molar refractivity (Wildman–Crippen MR) is 74.5 cm³/mol. The van der Waals surface area contributed by atoms with Crippen LogP contribution < -0.4 is 5.73 Å². The van der Waals surface area contributed by atoms with Crippen LogP contribution in [-0.4, -0.2) is 0 Å². The summed E-state index contributed by atoms with van der Waals surface area (Å²) in [6, 6.07) is 8.94. The monoisotopic (exact) mass is 329 g/mol. The molecule has 0 saturated carbocycles. The molecule has 0 heterocycles. The lowest BCUT2D eigenvalue weighted by molar-refractivity contribution is 0.577. The number of hydrogen-bond acceptors (Lipinski definition) is 2. The highest BCUT2D eigenvalue weighted by atomic mass is 79.9. The van der Waals surface area contributed by atoms with Gasteiger partial charge in [-0.1, -0.05) is 15.9 Å². The van der Waals surface area contributed by atoms with Gasteiger partial charge in [0.05, 0.1) is 0 Å². The highest BCUT2D eigenvalue weighted by Crippen LogP contribution is 2.28. The van der Waals surface area contributed by atoms with Crippen molar-refractivity contribution in [1.82, 2.24) is 0 Å². The maximum atomic E-state index is 13.4. The third-order valence-electron chi connectivity index (χ3n) is 2.27. The molecule has 2 rings (SSSR count). The van der Waals surface area contributed by atoms with Crippen molar-refractivity contribution < 1.29 is 8.78 Å². The lowest BCUT2D eigenvalue weighted by atomic mass is 10.2. The molecule has 0 radical (unpaired) electrons. The van der Waals surface area contributed by atoms with Gasteiger partial charge in [0.15, 0.2) is 0 Å². The topological polar surface area (TPSA) is 26.0 Å². The Bertz CT molecular complexity index is 555. The van der Waals surface area contributed by atoms with Crippen molar-refractivity contribution in [3.8, 4) is 0 Å². The molecule has 0 atom stereocenters. The number of thioether (sulfide) groups is 1. The standard InChI is InChI=1S/C13H10BrF2NS/c14-9-3-8(4-11(17)5-9)7-18-13-6-10(15)1-2-12(13)16/h1-6H,7,17H2. The molecule has 2 aromatic carbocycles. The van der Waals surface area contributed by atoms with Crippen LogP contribution in [-0.2, 0) is 5.75 Å². The maximum absolute atomic E-state index is 13.4. The lowest BCUT2D eigenvalue weighted by Gasteiger charge is -2.05. The zero-order valence-corrected chi connectivity index (χ0v) is 11.7. The second-order valence-corrected chi connectivity index (χ2v) is 5.69. The molecule has 0 unspecified atom stereocenters. The third kappa shape index (κ3) is 3.46. The van der Waals surface area contributed by atoms with Crippen molar-refractivity contribution in [3.05, 3.63) is 58.1 Å². The molecule has 0 aromatic heterocycles. The van der Waals surface area contributed by atoms with E-state index in [1.165, 1.54) is 17.8 Å². The molecule has 0 aliphatic rings. The van der Waals surface area contributed by atoms with Crippen LogP contribution >= 0.6 is 27.7 Å². The Labute approximate surface area is 117 Å². The number of benzene rings is 2. The molecule has 2 N–H and O–H groups in total. The number of anilines is 1. The summed E-state index contributed by atoms with van der Waals surface area (Å²) in [5.41, 5.74) is 7.30. The summed E-state index contributed by atoms with van der Waals surface area (Å²) in [5, 5.41) is 0. The molecule has 0 saturated heterocycles. The minimum atomic E-state index is -0.437. The highest BCUT2D eigenvalue weighted by Gasteiger charge is 2.05. The molecular formula is C13H10BrF2NS. The summed E-state index contributed by atoms with van der Waals surface area (Å²) in [4.78, 5) is 0.300. The summed E-state index contributed by atoms with van der Waals surface area (Å²) in [7, 11) is 0. The van der Waals surface area contributed by atoms with Crippen molar-refractivity contribution in [2.75, 3.05) is 5.73 Å². The predicted octanol–water partition coefficient (Wildman–Crippen LogP) is 4.60. The molecule has 0 bridgehead atoms. The van der Waals surface area contributed by atoms with Gasteiger partial charge in [0, 0.05) is 20.8 Å². The van der Waals surface area contributed by atoms with Gasteiger partial charge >= 0.3 is 0 Å². The van der Waals surface area contributed by atoms with Gasteiger partial charge < -0.3 is 5.73 Å². The number of rotatable bonds is 3. The molecular weight excluding hydrogens is 320 g/mol. The van der Waals surface area contributed by atoms with E-state index in [4.69, 9.17) is 5.73 Å². The number of nitrogen functional groups attached to an aromatic ring is 1. The van der Waals surface area contributed by atoms with Gasteiger partial charge in [-0.25, -0.2) is 8.78 Å². The Hall–Kier alpha value is -1.07. The first-order valence-electron chi connectivity index (χ1n) is 5.17. The largest absolute Gasteiger partial charge is 0.399 e. The van der Waals surface area contributed by atoms with E-state index in [0.717, 1.165) is 22.2 Å². The van der Waals surface area contributed by atoms with Crippen molar-refractivity contribution in [2.24, 2.45) is 0 Å². The van der Waals surface area contributed by atoms with E-state index in [1.807, 2.05) is 12.1 Å². The SMILES string of the molecule is Nc1cc(Br)cc(CSc2cc(F)ccc2F)c1. The van der Waals surface area contributed by atoms with Gasteiger partial charge in [-0.15, -0.1) is 11.8 Å². The summed E-state index contributed by atoms with van der Waals surface area (Å²) in [6.45, 7) is 0. The van der Waals surface area contributed by atoms with E-state index in [2.05, 4.69) is 15.9 Å². The van der Waals surface area contributed by atoms with Crippen LogP contribution in [0.5, 0.6) is 0 Å². The summed E-state index contributed by atoms with van der Waals surface area (Å²) < 4.78 is 27.3. The van der Waals surface area contributed by atoms with E-state index in [-0.39, 0.29) is 0 Å². The van der Waals surface area contributed by atoms with Crippen molar-refractivity contribution in [1.29, 1.82) is 0 Å². The van der Waals surface area contributed by atoms with Gasteiger partial charge in [-0.05, 0) is 42.0 Å². The zero-order valence-electron chi connectivity index (χ0n) is 9.29. The van der Waals surface area contributed by atoms with Gasteiger partial charge in [-0.2, -0.15) is 0 Å². The molecule has 1 nitrogen and oxygen atoms in total. The smallest absolute Gasteiger partial charge is 0.136 e. The minimum absolute atomic E-state index is 0.300. The van der Waals surface area contributed by atoms with Crippen LogP contribution in [0.25, 0.3) is 0 Å². The fourth-order valence-corrected chi connectivity index (χ4v) is 2.96. The molecule has 0 spiro atoms. The fraction of sp³-hybridized carbons (Fsp3) is 0.0769. The number of halogens is 3. The van der Waals surface area contributed by atoms with Gasteiger partial charge in [0.2, 0.25) is 0 Å². The quantitative estimate of drug-likeness (QED) is 0.657. The first kappa shape index (κ1) is 13.4. The van der Waals surface area contributed by atoms with E-state index >= 15 is 0 Å².